The van der Waals surface area contributed by atoms with Crippen molar-refractivity contribution in [2.75, 3.05) is 12.5 Å². The maximum absolute atomic E-state index is 4.60. The number of hydrogen-bond donors (Lipinski definition) is 0. The van der Waals surface area contributed by atoms with Crippen molar-refractivity contribution in [2.24, 2.45) is 0 Å². The van der Waals surface area contributed by atoms with Crippen molar-refractivity contribution in [1.82, 2.24) is 19.7 Å². The highest BCUT2D eigenvalue weighted by molar-refractivity contribution is 7.99. The van der Waals surface area contributed by atoms with Crippen LogP contribution in [0, 0.1) is 0 Å². The van der Waals surface area contributed by atoms with Crippen molar-refractivity contribution in [3.63, 3.8) is 0 Å². The summed E-state index contributed by atoms with van der Waals surface area (Å²) < 4.78 is 1.94. The van der Waals surface area contributed by atoms with Crippen LogP contribution in [0.4, 0.5) is 0 Å². The van der Waals surface area contributed by atoms with Crippen molar-refractivity contribution >= 4 is 34.6 Å². The Hall–Kier alpha value is -1.53. The Morgan fingerprint density at radius 3 is 2.55 bits per heavy atom. The molecule has 0 aliphatic heterocycles. The molecule has 0 spiro atoms. The summed E-state index contributed by atoms with van der Waals surface area (Å²) in [7, 11) is 0. The lowest BCUT2D eigenvalue weighted by atomic mass is 10.2. The standard InChI is InChI=1S/C14H14N4S2/c1-19-13-11-8-15-18(9-10-6-4-3-5-7-10)12(11)16-14(17-13)20-2/h3-8H,9H2,1-2H3. The zero-order valence-electron chi connectivity index (χ0n) is 11.3. The van der Waals surface area contributed by atoms with Gasteiger partial charge in [-0.2, -0.15) is 5.10 Å². The first-order chi connectivity index (χ1) is 9.81. The summed E-state index contributed by atoms with van der Waals surface area (Å²) in [4.78, 5) is 9.12. The van der Waals surface area contributed by atoms with Gasteiger partial charge in [-0.15, -0.1) is 11.8 Å². The lowest BCUT2D eigenvalue weighted by molar-refractivity contribution is 0.698. The highest BCUT2D eigenvalue weighted by Crippen LogP contribution is 2.26. The number of benzene rings is 1. The summed E-state index contributed by atoms with van der Waals surface area (Å²) in [6.45, 7) is 0.725. The van der Waals surface area contributed by atoms with Gasteiger partial charge in [-0.1, -0.05) is 42.1 Å². The number of thioether (sulfide) groups is 2. The first-order valence-electron chi connectivity index (χ1n) is 6.17. The third kappa shape index (κ3) is 2.53. The van der Waals surface area contributed by atoms with E-state index in [0.717, 1.165) is 27.8 Å². The molecule has 2 heterocycles. The topological polar surface area (TPSA) is 43.6 Å². The van der Waals surface area contributed by atoms with Gasteiger partial charge in [0, 0.05) is 0 Å². The average molecular weight is 302 g/mol. The quantitative estimate of drug-likeness (QED) is 0.420. The molecule has 0 fully saturated rings. The molecule has 3 aromatic rings. The SMILES string of the molecule is CSc1nc(SC)c2cnn(Cc3ccccc3)c2n1. The molecule has 20 heavy (non-hydrogen) atoms. The van der Waals surface area contributed by atoms with E-state index >= 15 is 0 Å². The van der Waals surface area contributed by atoms with E-state index < -0.39 is 0 Å². The van der Waals surface area contributed by atoms with Crippen LogP contribution in [0.15, 0.2) is 46.7 Å². The molecule has 0 radical (unpaired) electrons. The molecule has 102 valence electrons. The van der Waals surface area contributed by atoms with E-state index in [1.807, 2.05) is 41.6 Å². The van der Waals surface area contributed by atoms with E-state index in [1.54, 1.807) is 23.5 Å². The summed E-state index contributed by atoms with van der Waals surface area (Å²) in [5, 5.41) is 7.26. The van der Waals surface area contributed by atoms with E-state index in [4.69, 9.17) is 0 Å². The van der Waals surface area contributed by atoms with Crippen LogP contribution in [0.3, 0.4) is 0 Å². The van der Waals surface area contributed by atoms with Gasteiger partial charge in [0.15, 0.2) is 10.8 Å². The van der Waals surface area contributed by atoms with Gasteiger partial charge >= 0.3 is 0 Å². The number of hydrogen-bond acceptors (Lipinski definition) is 5. The van der Waals surface area contributed by atoms with E-state index in [1.165, 1.54) is 5.56 Å². The minimum Gasteiger partial charge on any atom is -0.243 e. The van der Waals surface area contributed by atoms with Crippen LogP contribution in [0.1, 0.15) is 5.56 Å². The van der Waals surface area contributed by atoms with Gasteiger partial charge < -0.3 is 0 Å². The second-order valence-corrected chi connectivity index (χ2v) is 5.81. The zero-order chi connectivity index (χ0) is 13.9. The lowest BCUT2D eigenvalue weighted by Crippen LogP contribution is -2.03. The molecule has 0 aliphatic carbocycles. The van der Waals surface area contributed by atoms with Crippen LogP contribution in [0.5, 0.6) is 0 Å². The fraction of sp³-hybridized carbons (Fsp3) is 0.214. The Bertz CT molecular complexity index is 725. The predicted molar refractivity (Wildman–Crippen MR) is 84.4 cm³/mol. The fourth-order valence-electron chi connectivity index (χ4n) is 2.03. The van der Waals surface area contributed by atoms with Gasteiger partial charge in [0.2, 0.25) is 0 Å². The van der Waals surface area contributed by atoms with Crippen LogP contribution in [-0.2, 0) is 6.54 Å². The van der Waals surface area contributed by atoms with E-state index in [9.17, 15) is 0 Å². The van der Waals surface area contributed by atoms with Crippen molar-refractivity contribution in [1.29, 1.82) is 0 Å². The summed E-state index contributed by atoms with van der Waals surface area (Å²) in [6.07, 6.45) is 5.87. The highest BCUT2D eigenvalue weighted by atomic mass is 32.2. The van der Waals surface area contributed by atoms with Crippen LogP contribution < -0.4 is 0 Å². The third-order valence-corrected chi connectivity index (χ3v) is 4.24. The molecule has 0 atom stereocenters. The molecule has 0 bridgehead atoms. The molecule has 0 saturated heterocycles. The molecule has 4 nitrogen and oxygen atoms in total. The van der Waals surface area contributed by atoms with Crippen LogP contribution in [0.25, 0.3) is 11.0 Å². The second-order valence-electron chi connectivity index (χ2n) is 4.24. The predicted octanol–water partition coefficient (Wildman–Crippen LogP) is 3.32. The molecule has 0 N–H and O–H groups in total. The maximum Gasteiger partial charge on any atom is 0.190 e. The molecule has 0 unspecified atom stereocenters. The molecule has 0 saturated carbocycles. The average Bonchev–Trinajstić information content (AvgIpc) is 2.90. The van der Waals surface area contributed by atoms with Crippen molar-refractivity contribution < 1.29 is 0 Å². The Labute approximate surface area is 126 Å². The molecular formula is C14H14N4S2. The van der Waals surface area contributed by atoms with Gasteiger partial charge in [0.25, 0.3) is 0 Å². The summed E-state index contributed by atoms with van der Waals surface area (Å²) in [6, 6.07) is 10.3. The zero-order valence-corrected chi connectivity index (χ0v) is 12.9. The normalized spacial score (nSPS) is 11.1. The van der Waals surface area contributed by atoms with Gasteiger partial charge in [0.1, 0.15) is 5.03 Å². The van der Waals surface area contributed by atoms with Crippen molar-refractivity contribution in [3.05, 3.63) is 42.1 Å². The van der Waals surface area contributed by atoms with Gasteiger partial charge in [-0.25, -0.2) is 14.6 Å². The molecule has 0 aliphatic rings. The van der Waals surface area contributed by atoms with Gasteiger partial charge in [0.05, 0.1) is 18.1 Å². The van der Waals surface area contributed by atoms with E-state index in [2.05, 4.69) is 27.2 Å². The molecule has 6 heteroatoms. The smallest absolute Gasteiger partial charge is 0.190 e. The second kappa shape index (κ2) is 5.85. The number of aromatic nitrogens is 4. The molecule has 3 rings (SSSR count). The van der Waals surface area contributed by atoms with Crippen LogP contribution in [-0.4, -0.2) is 32.3 Å². The van der Waals surface area contributed by atoms with E-state index in [-0.39, 0.29) is 0 Å². The Morgan fingerprint density at radius 1 is 1.05 bits per heavy atom. The monoisotopic (exact) mass is 302 g/mol. The summed E-state index contributed by atoms with van der Waals surface area (Å²) >= 11 is 3.18. The number of rotatable bonds is 4. The third-order valence-electron chi connectivity index (χ3n) is 2.99. The molecular weight excluding hydrogens is 288 g/mol. The summed E-state index contributed by atoms with van der Waals surface area (Å²) in [5.74, 6) is 0. The fourth-order valence-corrected chi connectivity index (χ4v) is 2.99. The Kier molecular flexibility index (Phi) is 3.93. The number of nitrogens with zero attached hydrogens (tertiary/aromatic N) is 4. The van der Waals surface area contributed by atoms with Crippen molar-refractivity contribution in [2.45, 2.75) is 16.7 Å². The minimum absolute atomic E-state index is 0.725. The molecule has 1 aromatic carbocycles. The van der Waals surface area contributed by atoms with Crippen molar-refractivity contribution in [3.8, 4) is 0 Å². The molecule has 0 amide bonds. The van der Waals surface area contributed by atoms with E-state index in [0.29, 0.717) is 0 Å². The largest absolute Gasteiger partial charge is 0.243 e. The first kappa shape index (κ1) is 13.5. The van der Waals surface area contributed by atoms with Gasteiger partial charge in [-0.05, 0) is 18.1 Å². The number of fused-ring (bicyclic) bond motifs is 1. The first-order valence-corrected chi connectivity index (χ1v) is 8.62. The Morgan fingerprint density at radius 2 is 1.85 bits per heavy atom. The maximum atomic E-state index is 4.60. The summed E-state index contributed by atoms with van der Waals surface area (Å²) in [5.41, 5.74) is 2.12. The Balaban J connectivity index is 2.08. The lowest BCUT2D eigenvalue weighted by Gasteiger charge is -2.05. The van der Waals surface area contributed by atoms with Crippen LogP contribution in [0.2, 0.25) is 0 Å². The minimum atomic E-state index is 0.725. The van der Waals surface area contributed by atoms with Gasteiger partial charge in [-0.3, -0.25) is 0 Å². The highest BCUT2D eigenvalue weighted by Gasteiger charge is 2.12. The molecule has 2 aromatic heterocycles. The van der Waals surface area contributed by atoms with Crippen LogP contribution >= 0.6 is 23.5 Å².